The van der Waals surface area contributed by atoms with Crippen molar-refractivity contribution in [2.24, 2.45) is 10.7 Å². The van der Waals surface area contributed by atoms with Gasteiger partial charge in [0.15, 0.2) is 5.96 Å². The van der Waals surface area contributed by atoms with Crippen LogP contribution in [0.15, 0.2) is 59.6 Å². The number of nitrogens with zero attached hydrogens (tertiary/aromatic N) is 2. The Morgan fingerprint density at radius 2 is 1.81 bits per heavy atom. The molecule has 5 nitrogen and oxygen atoms in total. The minimum absolute atomic E-state index is 0. The number of benzene rings is 2. The van der Waals surface area contributed by atoms with E-state index < -0.39 is 0 Å². The average molecular weight is 468 g/mol. The van der Waals surface area contributed by atoms with Crippen LogP contribution in [0.2, 0.25) is 0 Å². The van der Waals surface area contributed by atoms with Crippen molar-refractivity contribution in [2.75, 3.05) is 32.6 Å². The van der Waals surface area contributed by atoms with Gasteiger partial charge in [0.2, 0.25) is 0 Å². The lowest BCUT2D eigenvalue weighted by atomic mass is 10.2. The molecule has 0 fully saturated rings. The molecule has 0 aliphatic heterocycles. The first-order valence-electron chi connectivity index (χ1n) is 8.55. The van der Waals surface area contributed by atoms with Crippen molar-refractivity contribution in [1.29, 1.82) is 0 Å². The van der Waals surface area contributed by atoms with Crippen molar-refractivity contribution < 1.29 is 4.74 Å². The van der Waals surface area contributed by atoms with Crippen LogP contribution in [0.1, 0.15) is 17.5 Å². The van der Waals surface area contributed by atoms with Gasteiger partial charge >= 0.3 is 0 Å². The van der Waals surface area contributed by atoms with Gasteiger partial charge in [0.05, 0.1) is 6.61 Å². The number of ether oxygens (including phenoxy) is 1. The Bertz CT molecular complexity index is 664. The van der Waals surface area contributed by atoms with Gasteiger partial charge in [-0.25, -0.2) is 0 Å². The Hall–Kier alpha value is -1.64. The molecular weight excluding hydrogens is 439 g/mol. The lowest BCUT2D eigenvalue weighted by Crippen LogP contribution is -2.24. The van der Waals surface area contributed by atoms with Crippen LogP contribution in [-0.2, 0) is 17.9 Å². The maximum absolute atomic E-state index is 6.00. The first kappa shape index (κ1) is 22.4. The lowest BCUT2D eigenvalue weighted by Gasteiger charge is -2.16. The van der Waals surface area contributed by atoms with E-state index in [0.717, 1.165) is 30.8 Å². The van der Waals surface area contributed by atoms with Crippen LogP contribution in [0.5, 0.6) is 0 Å². The summed E-state index contributed by atoms with van der Waals surface area (Å²) in [5.74, 6) is 0.439. The molecule has 0 amide bonds. The van der Waals surface area contributed by atoms with Crippen molar-refractivity contribution in [3.8, 4) is 0 Å². The fourth-order valence-electron chi connectivity index (χ4n) is 2.62. The predicted molar refractivity (Wildman–Crippen MR) is 120 cm³/mol. The van der Waals surface area contributed by atoms with Crippen LogP contribution < -0.4 is 11.1 Å². The number of halogens is 1. The number of nitrogens with one attached hydrogen (secondary N) is 1. The van der Waals surface area contributed by atoms with Gasteiger partial charge in [-0.3, -0.25) is 4.99 Å². The molecule has 2 aromatic rings. The summed E-state index contributed by atoms with van der Waals surface area (Å²) < 4.78 is 5.20. The third-order valence-electron chi connectivity index (χ3n) is 3.86. The number of hydrogen-bond acceptors (Lipinski definition) is 3. The number of hydrogen-bond donors (Lipinski definition) is 2. The SMILES string of the molecule is COCc1ccccc1NC(N)=NCCCN(C)Cc1ccccc1.I. The molecule has 0 spiro atoms. The standard InChI is InChI=1S/C20H28N4O.HI/c1-24(15-17-9-4-3-5-10-17)14-8-13-22-20(21)23-19-12-7-6-11-18(19)16-25-2;/h3-7,9-12H,8,13-16H2,1-2H3,(H3,21,22,23);1H. The number of aliphatic imine (C=N–C) groups is 1. The van der Waals surface area contributed by atoms with E-state index in [2.05, 4.69) is 46.5 Å². The molecule has 2 aromatic carbocycles. The summed E-state index contributed by atoms with van der Waals surface area (Å²) in [6.07, 6.45) is 0.964. The molecule has 142 valence electrons. The van der Waals surface area contributed by atoms with Crippen molar-refractivity contribution in [2.45, 2.75) is 19.6 Å². The molecule has 0 aromatic heterocycles. The van der Waals surface area contributed by atoms with Crippen LogP contribution in [-0.4, -0.2) is 38.1 Å². The Morgan fingerprint density at radius 1 is 1.12 bits per heavy atom. The first-order valence-corrected chi connectivity index (χ1v) is 8.55. The molecule has 6 heteroatoms. The van der Waals surface area contributed by atoms with Crippen LogP contribution in [0, 0.1) is 0 Å². The van der Waals surface area contributed by atoms with Gasteiger partial charge in [-0.05, 0) is 31.6 Å². The number of guanidine groups is 1. The van der Waals surface area contributed by atoms with Gasteiger partial charge in [0.1, 0.15) is 0 Å². The molecule has 0 aliphatic rings. The molecule has 0 bridgehead atoms. The van der Waals surface area contributed by atoms with Crippen molar-refractivity contribution >= 4 is 35.6 Å². The highest BCUT2D eigenvalue weighted by molar-refractivity contribution is 14.0. The zero-order chi connectivity index (χ0) is 17.9. The van der Waals surface area contributed by atoms with Crippen molar-refractivity contribution in [3.05, 3.63) is 65.7 Å². The summed E-state index contributed by atoms with van der Waals surface area (Å²) in [4.78, 5) is 6.71. The maximum atomic E-state index is 6.00. The topological polar surface area (TPSA) is 62.9 Å². The van der Waals surface area contributed by atoms with Gasteiger partial charge in [0, 0.05) is 31.5 Å². The number of rotatable bonds is 9. The lowest BCUT2D eigenvalue weighted by molar-refractivity contribution is 0.185. The minimum atomic E-state index is 0. The summed E-state index contributed by atoms with van der Waals surface area (Å²) in [6.45, 7) is 3.17. The fraction of sp³-hybridized carbons (Fsp3) is 0.350. The predicted octanol–water partition coefficient (Wildman–Crippen LogP) is 3.70. The quantitative estimate of drug-likeness (QED) is 0.255. The van der Waals surface area contributed by atoms with Crippen LogP contribution in [0.25, 0.3) is 0 Å². The molecule has 0 unspecified atom stereocenters. The molecular formula is C20H29IN4O. The third-order valence-corrected chi connectivity index (χ3v) is 3.86. The van der Waals surface area contributed by atoms with Gasteiger partial charge in [-0.1, -0.05) is 48.5 Å². The molecule has 0 saturated carbocycles. The minimum Gasteiger partial charge on any atom is -0.380 e. The highest BCUT2D eigenvalue weighted by atomic mass is 127. The smallest absolute Gasteiger partial charge is 0.193 e. The van der Waals surface area contributed by atoms with Gasteiger partial charge in [-0.2, -0.15) is 0 Å². The number of anilines is 1. The first-order chi connectivity index (χ1) is 12.2. The average Bonchev–Trinajstić information content (AvgIpc) is 2.61. The van der Waals surface area contributed by atoms with E-state index in [1.807, 2.05) is 30.3 Å². The monoisotopic (exact) mass is 468 g/mol. The van der Waals surface area contributed by atoms with E-state index in [4.69, 9.17) is 10.5 Å². The van der Waals surface area contributed by atoms with Crippen LogP contribution in [0.3, 0.4) is 0 Å². The summed E-state index contributed by atoms with van der Waals surface area (Å²) >= 11 is 0. The van der Waals surface area contributed by atoms with Crippen molar-refractivity contribution in [1.82, 2.24) is 4.90 Å². The van der Waals surface area contributed by atoms with E-state index in [1.165, 1.54) is 5.56 Å². The molecule has 0 atom stereocenters. The number of para-hydroxylation sites is 1. The Balaban J connectivity index is 0.00000338. The summed E-state index contributed by atoms with van der Waals surface area (Å²) in [5, 5.41) is 3.16. The van der Waals surface area contributed by atoms with E-state index in [9.17, 15) is 0 Å². The second-order valence-corrected chi connectivity index (χ2v) is 6.06. The van der Waals surface area contributed by atoms with Gasteiger partial charge in [0.25, 0.3) is 0 Å². The second-order valence-electron chi connectivity index (χ2n) is 6.06. The maximum Gasteiger partial charge on any atom is 0.193 e. The molecule has 0 saturated heterocycles. The largest absolute Gasteiger partial charge is 0.380 e. The van der Waals surface area contributed by atoms with Gasteiger partial charge < -0.3 is 20.7 Å². The zero-order valence-electron chi connectivity index (χ0n) is 15.5. The normalized spacial score (nSPS) is 11.3. The zero-order valence-corrected chi connectivity index (χ0v) is 17.9. The Morgan fingerprint density at radius 3 is 2.54 bits per heavy atom. The molecule has 3 N–H and O–H groups in total. The number of nitrogens with two attached hydrogens (primary N) is 1. The Labute approximate surface area is 173 Å². The summed E-state index contributed by atoms with van der Waals surface area (Å²) in [7, 11) is 3.81. The molecule has 0 heterocycles. The third kappa shape index (κ3) is 8.16. The van der Waals surface area contributed by atoms with Crippen LogP contribution >= 0.6 is 24.0 Å². The fourth-order valence-corrected chi connectivity index (χ4v) is 2.62. The second kappa shape index (κ2) is 12.7. The van der Waals surface area contributed by atoms with E-state index in [1.54, 1.807) is 7.11 Å². The van der Waals surface area contributed by atoms with Crippen LogP contribution in [0.4, 0.5) is 5.69 Å². The highest BCUT2D eigenvalue weighted by Gasteiger charge is 2.03. The highest BCUT2D eigenvalue weighted by Crippen LogP contribution is 2.15. The molecule has 0 radical (unpaired) electrons. The number of methoxy groups -OCH3 is 1. The summed E-state index contributed by atoms with van der Waals surface area (Å²) in [6, 6.07) is 18.4. The van der Waals surface area contributed by atoms with E-state index in [0.29, 0.717) is 19.1 Å². The van der Waals surface area contributed by atoms with E-state index >= 15 is 0 Å². The molecule has 0 aliphatic carbocycles. The van der Waals surface area contributed by atoms with Crippen molar-refractivity contribution in [3.63, 3.8) is 0 Å². The van der Waals surface area contributed by atoms with E-state index in [-0.39, 0.29) is 24.0 Å². The summed E-state index contributed by atoms with van der Waals surface area (Å²) in [5.41, 5.74) is 9.32. The molecule has 2 rings (SSSR count). The van der Waals surface area contributed by atoms with Gasteiger partial charge in [-0.15, -0.1) is 24.0 Å². The Kier molecular flexibility index (Phi) is 10.9. The molecule has 26 heavy (non-hydrogen) atoms.